The van der Waals surface area contributed by atoms with Gasteiger partial charge in [-0.2, -0.15) is 0 Å². The van der Waals surface area contributed by atoms with Crippen molar-refractivity contribution in [3.63, 3.8) is 0 Å². The van der Waals surface area contributed by atoms with Gasteiger partial charge in [0.05, 0.1) is 20.3 Å². The average molecular weight is 594 g/mol. The van der Waals surface area contributed by atoms with E-state index in [-0.39, 0.29) is 17.7 Å². The van der Waals surface area contributed by atoms with Crippen LogP contribution in [0, 0.1) is 5.92 Å². The Kier molecular flexibility index (Phi) is 10.1. The van der Waals surface area contributed by atoms with E-state index in [9.17, 15) is 14.7 Å². The van der Waals surface area contributed by atoms with Gasteiger partial charge in [0.25, 0.3) is 0 Å². The number of amides is 2. The van der Waals surface area contributed by atoms with Crippen LogP contribution >= 0.6 is 0 Å². The number of hydrogen-bond acceptors (Lipinski definition) is 7. The molecule has 0 bridgehead atoms. The van der Waals surface area contributed by atoms with Gasteiger partial charge in [-0.05, 0) is 67.9 Å². The number of aliphatic hydroxyl groups excluding tert-OH is 1. The van der Waals surface area contributed by atoms with Crippen LogP contribution in [0.4, 0.5) is 0 Å². The predicted octanol–water partition coefficient (Wildman–Crippen LogP) is 4.90. The highest BCUT2D eigenvalue weighted by molar-refractivity contribution is 6.00. The van der Waals surface area contributed by atoms with Crippen LogP contribution in [0.2, 0.25) is 0 Å². The highest BCUT2D eigenvalue weighted by Crippen LogP contribution is 2.37. The van der Waals surface area contributed by atoms with E-state index in [2.05, 4.69) is 29.3 Å². The van der Waals surface area contributed by atoms with Crippen molar-refractivity contribution in [3.05, 3.63) is 48.0 Å². The quantitative estimate of drug-likeness (QED) is 0.382. The first kappa shape index (κ1) is 31.1. The first-order chi connectivity index (χ1) is 20.9. The van der Waals surface area contributed by atoms with Gasteiger partial charge in [-0.1, -0.05) is 44.7 Å². The Labute approximate surface area is 255 Å². The van der Waals surface area contributed by atoms with E-state index >= 15 is 0 Å². The first-order valence-corrected chi connectivity index (χ1v) is 15.9. The molecule has 0 aromatic heterocycles. The van der Waals surface area contributed by atoms with Crippen LogP contribution in [-0.4, -0.2) is 78.3 Å². The Hall–Kier alpha value is -3.30. The number of nitrogens with zero attached hydrogens (tertiary/aromatic N) is 2. The van der Waals surface area contributed by atoms with Crippen LogP contribution in [0.5, 0.6) is 23.0 Å². The molecule has 2 atom stereocenters. The second kappa shape index (κ2) is 14.0. The van der Waals surface area contributed by atoms with Gasteiger partial charge in [-0.25, -0.2) is 0 Å². The van der Waals surface area contributed by atoms with Crippen LogP contribution in [0.15, 0.2) is 42.5 Å². The van der Waals surface area contributed by atoms with E-state index in [0.717, 1.165) is 50.6 Å². The number of aliphatic hydroxyl groups is 1. The summed E-state index contributed by atoms with van der Waals surface area (Å²) in [6, 6.07) is 12.6. The Morgan fingerprint density at radius 2 is 1.65 bits per heavy atom. The molecule has 1 spiro atoms. The highest BCUT2D eigenvalue weighted by atomic mass is 16.5. The van der Waals surface area contributed by atoms with Gasteiger partial charge in [-0.15, -0.1) is 0 Å². The summed E-state index contributed by atoms with van der Waals surface area (Å²) in [4.78, 5) is 31.8. The third kappa shape index (κ3) is 6.78. The minimum absolute atomic E-state index is 0.0712. The number of hydrogen-bond donors (Lipinski definition) is 2. The normalized spacial score (nSPS) is 21.9. The van der Waals surface area contributed by atoms with E-state index in [1.54, 1.807) is 20.3 Å². The van der Waals surface area contributed by atoms with Crippen molar-refractivity contribution in [1.29, 1.82) is 0 Å². The van der Waals surface area contributed by atoms with Gasteiger partial charge >= 0.3 is 0 Å². The van der Waals surface area contributed by atoms with Crippen LogP contribution in [0.3, 0.4) is 0 Å². The van der Waals surface area contributed by atoms with Crippen LogP contribution in [0.1, 0.15) is 70.3 Å². The molecule has 2 aromatic rings. The summed E-state index contributed by atoms with van der Waals surface area (Å²) in [7, 11) is 3.21. The fourth-order valence-corrected chi connectivity index (χ4v) is 6.94. The molecule has 1 saturated carbocycles. The first-order valence-electron chi connectivity index (χ1n) is 15.9. The number of benzene rings is 2. The Morgan fingerprint density at radius 3 is 2.30 bits per heavy atom. The van der Waals surface area contributed by atoms with E-state index in [1.165, 1.54) is 6.42 Å². The standard InChI is InChI=1S/C34H47N3O6/c1-4-5-19-37-32(39)30(31(38)25-9-7-6-8-10-25)35-33(40)34(37)17-20-36(21-18-34)23-24-11-13-26(14-12-24)43-28-16-15-27(41-2)22-29(28)42-3/h11-16,22,25,30-31,38H,4-10,17-21,23H2,1-3H3,(H,35,40)/t30-,31-/m1/s1. The largest absolute Gasteiger partial charge is 0.497 e. The van der Waals surface area contributed by atoms with Gasteiger partial charge in [-0.3, -0.25) is 14.5 Å². The Balaban J connectivity index is 1.21. The van der Waals surface area contributed by atoms with E-state index in [0.29, 0.717) is 55.5 Å². The summed E-state index contributed by atoms with van der Waals surface area (Å²) in [5, 5.41) is 14.2. The third-order valence-electron chi connectivity index (χ3n) is 9.58. The van der Waals surface area contributed by atoms with Crippen molar-refractivity contribution in [3.8, 4) is 23.0 Å². The molecule has 5 rings (SSSR count). The van der Waals surface area contributed by atoms with E-state index in [4.69, 9.17) is 14.2 Å². The molecular formula is C34H47N3O6. The number of likely N-dealkylation sites (tertiary alicyclic amines) is 1. The molecule has 2 amide bonds. The van der Waals surface area contributed by atoms with Gasteiger partial charge in [0.1, 0.15) is 23.1 Å². The lowest BCUT2D eigenvalue weighted by Gasteiger charge is -2.52. The molecule has 3 aliphatic rings. The van der Waals surface area contributed by atoms with Crippen LogP contribution in [0.25, 0.3) is 0 Å². The summed E-state index contributed by atoms with van der Waals surface area (Å²) in [5.41, 5.74) is 0.299. The van der Waals surface area contributed by atoms with Crippen molar-refractivity contribution in [1.82, 2.24) is 15.1 Å². The number of ether oxygens (including phenoxy) is 3. The molecule has 2 aliphatic heterocycles. The van der Waals surface area contributed by atoms with Gasteiger partial charge in [0.15, 0.2) is 11.5 Å². The van der Waals surface area contributed by atoms with Crippen molar-refractivity contribution >= 4 is 11.8 Å². The minimum Gasteiger partial charge on any atom is -0.497 e. The van der Waals surface area contributed by atoms with Crippen molar-refractivity contribution in [2.75, 3.05) is 33.9 Å². The topological polar surface area (TPSA) is 101 Å². The summed E-state index contributed by atoms with van der Waals surface area (Å²) >= 11 is 0. The maximum atomic E-state index is 13.9. The fraction of sp³-hybridized carbons (Fsp3) is 0.588. The number of carbonyl (C=O) groups excluding carboxylic acids is 2. The summed E-state index contributed by atoms with van der Waals surface area (Å²) in [6.45, 7) is 4.82. The molecule has 2 saturated heterocycles. The lowest BCUT2D eigenvalue weighted by molar-refractivity contribution is -0.166. The molecule has 234 valence electrons. The molecule has 0 radical (unpaired) electrons. The number of piperidine rings is 1. The van der Waals surface area contributed by atoms with Crippen LogP contribution < -0.4 is 19.5 Å². The molecular weight excluding hydrogens is 546 g/mol. The molecule has 43 heavy (non-hydrogen) atoms. The van der Waals surface area contributed by atoms with Gasteiger partial charge in [0.2, 0.25) is 11.8 Å². The Bertz CT molecular complexity index is 1240. The zero-order valence-electron chi connectivity index (χ0n) is 25.8. The minimum atomic E-state index is -0.847. The zero-order chi connectivity index (χ0) is 30.4. The molecule has 3 fully saturated rings. The molecule has 2 heterocycles. The Morgan fingerprint density at radius 1 is 0.953 bits per heavy atom. The smallest absolute Gasteiger partial charge is 0.248 e. The zero-order valence-corrected chi connectivity index (χ0v) is 25.8. The number of carbonyl (C=O) groups is 2. The maximum Gasteiger partial charge on any atom is 0.248 e. The summed E-state index contributed by atoms with van der Waals surface area (Å²) in [6.07, 6.45) is 7.27. The summed E-state index contributed by atoms with van der Waals surface area (Å²) < 4.78 is 16.8. The lowest BCUT2D eigenvalue weighted by Crippen LogP contribution is -2.75. The molecule has 9 nitrogen and oxygen atoms in total. The van der Waals surface area contributed by atoms with Crippen molar-refractivity contribution in [2.45, 2.75) is 88.9 Å². The van der Waals surface area contributed by atoms with Crippen molar-refractivity contribution in [2.24, 2.45) is 5.92 Å². The number of rotatable bonds is 11. The summed E-state index contributed by atoms with van der Waals surface area (Å²) in [5.74, 6) is 2.48. The van der Waals surface area contributed by atoms with E-state index in [1.807, 2.05) is 29.2 Å². The second-order valence-corrected chi connectivity index (χ2v) is 12.3. The monoisotopic (exact) mass is 593 g/mol. The number of methoxy groups -OCH3 is 2. The number of piperazine rings is 1. The molecule has 2 N–H and O–H groups in total. The van der Waals surface area contributed by atoms with Crippen LogP contribution in [-0.2, 0) is 16.1 Å². The molecule has 0 unspecified atom stereocenters. The fourth-order valence-electron chi connectivity index (χ4n) is 6.94. The highest BCUT2D eigenvalue weighted by Gasteiger charge is 2.55. The average Bonchev–Trinajstić information content (AvgIpc) is 3.05. The maximum absolute atomic E-state index is 13.9. The van der Waals surface area contributed by atoms with Crippen molar-refractivity contribution < 1.29 is 28.9 Å². The SMILES string of the molecule is CCCCN1C(=O)[C@@H]([C@H](O)C2CCCCC2)NC(=O)C12CCN(Cc1ccc(Oc3ccc(OC)cc3OC)cc1)CC2. The molecule has 9 heteroatoms. The third-order valence-corrected chi connectivity index (χ3v) is 9.58. The van der Waals surface area contributed by atoms with E-state index < -0.39 is 17.7 Å². The van der Waals surface area contributed by atoms with Gasteiger partial charge < -0.3 is 29.5 Å². The number of nitrogens with one attached hydrogen (secondary N) is 1. The molecule has 1 aliphatic carbocycles. The molecule has 2 aromatic carbocycles. The lowest BCUT2D eigenvalue weighted by atomic mass is 9.78. The second-order valence-electron chi connectivity index (χ2n) is 12.3. The van der Waals surface area contributed by atoms with Gasteiger partial charge in [0, 0.05) is 32.2 Å². The number of unbranched alkanes of at least 4 members (excludes halogenated alkanes) is 1. The predicted molar refractivity (Wildman–Crippen MR) is 164 cm³/mol.